The molecule has 0 spiro atoms. The van der Waals surface area contributed by atoms with Gasteiger partial charge in [0.05, 0.1) is 15.9 Å². The summed E-state index contributed by atoms with van der Waals surface area (Å²) in [5, 5.41) is 2.81. The van der Waals surface area contributed by atoms with Crippen LogP contribution in [0.1, 0.15) is 18.1 Å². The number of amides is 1. The Kier molecular flexibility index (Phi) is 7.84. The van der Waals surface area contributed by atoms with Crippen LogP contribution in [0.15, 0.2) is 71.7 Å². The molecule has 3 rings (SSSR count). The van der Waals surface area contributed by atoms with Gasteiger partial charge in [-0.3, -0.25) is 9.79 Å². The van der Waals surface area contributed by atoms with Crippen LogP contribution in [0.5, 0.6) is 11.5 Å². The third kappa shape index (κ3) is 6.06. The maximum Gasteiger partial charge on any atom is 0.262 e. The van der Waals surface area contributed by atoms with Gasteiger partial charge in [0.2, 0.25) is 0 Å². The van der Waals surface area contributed by atoms with Crippen molar-refractivity contribution >= 4 is 46.1 Å². The molecule has 0 aromatic heterocycles. The van der Waals surface area contributed by atoms with E-state index in [0.29, 0.717) is 18.1 Å². The third-order valence-electron chi connectivity index (χ3n) is 4.21. The minimum Gasteiger partial charge on any atom is -0.490 e. The van der Waals surface area contributed by atoms with Gasteiger partial charge in [-0.2, -0.15) is 0 Å². The number of nitrogens with one attached hydrogen (secondary N) is 1. The molecule has 5 nitrogen and oxygen atoms in total. The number of anilines is 1. The number of para-hydroxylation sites is 2. The molecule has 0 saturated carbocycles. The lowest BCUT2D eigenvalue weighted by Gasteiger charge is -2.14. The second-order valence-corrected chi connectivity index (χ2v) is 7.67. The zero-order chi connectivity index (χ0) is 21.3. The van der Waals surface area contributed by atoms with E-state index in [9.17, 15) is 4.79 Å². The van der Waals surface area contributed by atoms with Gasteiger partial charge < -0.3 is 14.8 Å². The maximum atomic E-state index is 12.2. The number of nitrogens with zero attached hydrogens (tertiary/aromatic N) is 1. The summed E-state index contributed by atoms with van der Waals surface area (Å²) in [4.78, 5) is 16.8. The molecule has 3 aromatic carbocycles. The van der Waals surface area contributed by atoms with Crippen LogP contribution in [-0.2, 0) is 4.79 Å². The summed E-state index contributed by atoms with van der Waals surface area (Å²) in [5.41, 5.74) is 3.65. The molecule has 30 heavy (non-hydrogen) atoms. The zero-order valence-electron chi connectivity index (χ0n) is 16.9. The maximum absolute atomic E-state index is 12.2. The van der Waals surface area contributed by atoms with E-state index in [1.54, 1.807) is 6.21 Å². The minimum absolute atomic E-state index is 0.110. The van der Waals surface area contributed by atoms with Crippen molar-refractivity contribution in [1.29, 1.82) is 0 Å². The van der Waals surface area contributed by atoms with E-state index in [1.807, 2.05) is 80.6 Å². The van der Waals surface area contributed by atoms with Gasteiger partial charge in [-0.1, -0.05) is 36.4 Å². The van der Waals surface area contributed by atoms with E-state index in [1.165, 1.54) is 0 Å². The van der Waals surface area contributed by atoms with Crippen LogP contribution in [0.25, 0.3) is 0 Å². The fourth-order valence-electron chi connectivity index (χ4n) is 2.77. The lowest BCUT2D eigenvalue weighted by atomic mass is 10.2. The van der Waals surface area contributed by atoms with Crippen molar-refractivity contribution in [2.45, 2.75) is 13.8 Å². The molecule has 1 amide bonds. The van der Waals surface area contributed by atoms with Gasteiger partial charge in [0, 0.05) is 11.9 Å². The topological polar surface area (TPSA) is 59.9 Å². The molecular formula is C24H23IN2O3. The van der Waals surface area contributed by atoms with E-state index in [-0.39, 0.29) is 12.5 Å². The molecule has 0 heterocycles. The zero-order valence-corrected chi connectivity index (χ0v) is 19.0. The molecule has 1 N–H and O–H groups in total. The highest BCUT2D eigenvalue weighted by Crippen LogP contribution is 2.34. The molecule has 0 atom stereocenters. The molecule has 154 valence electrons. The van der Waals surface area contributed by atoms with Crippen LogP contribution in [0, 0.1) is 10.5 Å². The smallest absolute Gasteiger partial charge is 0.262 e. The highest BCUT2D eigenvalue weighted by molar-refractivity contribution is 14.1. The lowest BCUT2D eigenvalue weighted by Crippen LogP contribution is -2.20. The fraction of sp³-hybridized carbons (Fsp3) is 0.167. The van der Waals surface area contributed by atoms with Crippen molar-refractivity contribution in [2.75, 3.05) is 18.5 Å². The van der Waals surface area contributed by atoms with Gasteiger partial charge in [-0.25, -0.2) is 0 Å². The van der Waals surface area contributed by atoms with Crippen LogP contribution in [-0.4, -0.2) is 25.3 Å². The fourth-order valence-corrected chi connectivity index (χ4v) is 3.56. The molecule has 0 aliphatic heterocycles. The lowest BCUT2D eigenvalue weighted by molar-refractivity contribution is -0.118. The number of rotatable bonds is 8. The van der Waals surface area contributed by atoms with Crippen LogP contribution in [0.4, 0.5) is 11.4 Å². The van der Waals surface area contributed by atoms with E-state index in [4.69, 9.17) is 9.47 Å². The number of hydrogen-bond acceptors (Lipinski definition) is 4. The Balaban J connectivity index is 1.74. The Labute approximate surface area is 190 Å². The monoisotopic (exact) mass is 514 g/mol. The van der Waals surface area contributed by atoms with Crippen LogP contribution in [0.2, 0.25) is 0 Å². The van der Waals surface area contributed by atoms with Crippen molar-refractivity contribution in [1.82, 2.24) is 0 Å². The number of carbonyl (C=O) groups is 1. The highest BCUT2D eigenvalue weighted by Gasteiger charge is 2.14. The molecule has 3 aromatic rings. The SMILES string of the molecule is CCOc1cc(C=Nc2ccccc2C)cc(I)c1OCC(=O)Nc1ccccc1. The molecule has 0 bridgehead atoms. The number of carbonyl (C=O) groups excluding carboxylic acids is 1. The number of halogens is 1. The first kappa shape index (κ1) is 21.8. The normalized spacial score (nSPS) is 10.8. The van der Waals surface area contributed by atoms with Crippen LogP contribution < -0.4 is 14.8 Å². The van der Waals surface area contributed by atoms with Crippen molar-refractivity contribution < 1.29 is 14.3 Å². The van der Waals surface area contributed by atoms with Crippen molar-refractivity contribution in [3.8, 4) is 11.5 Å². The highest BCUT2D eigenvalue weighted by atomic mass is 127. The Morgan fingerprint density at radius 2 is 1.80 bits per heavy atom. The van der Waals surface area contributed by atoms with E-state index < -0.39 is 0 Å². The first-order valence-electron chi connectivity index (χ1n) is 9.60. The van der Waals surface area contributed by atoms with Crippen molar-refractivity contribution in [2.24, 2.45) is 4.99 Å². The largest absolute Gasteiger partial charge is 0.490 e. The van der Waals surface area contributed by atoms with Gasteiger partial charge in [0.15, 0.2) is 18.1 Å². The van der Waals surface area contributed by atoms with Crippen LogP contribution in [0.3, 0.4) is 0 Å². The standard InChI is InChI=1S/C24H23IN2O3/c1-3-29-22-14-18(15-26-21-12-8-7-9-17(21)2)13-20(25)24(22)30-16-23(28)27-19-10-5-4-6-11-19/h4-15H,3,16H2,1-2H3,(H,27,28). The predicted octanol–water partition coefficient (Wildman–Crippen LogP) is 5.77. The third-order valence-corrected chi connectivity index (χ3v) is 5.01. The molecule has 6 heteroatoms. The van der Waals surface area contributed by atoms with Crippen LogP contribution >= 0.6 is 22.6 Å². The van der Waals surface area contributed by atoms with E-state index in [2.05, 4.69) is 32.9 Å². The van der Waals surface area contributed by atoms with E-state index >= 15 is 0 Å². The summed E-state index contributed by atoms with van der Waals surface area (Å²) in [5.74, 6) is 0.904. The summed E-state index contributed by atoms with van der Waals surface area (Å²) in [7, 11) is 0. The summed E-state index contributed by atoms with van der Waals surface area (Å²) in [6.07, 6.45) is 1.80. The first-order valence-corrected chi connectivity index (χ1v) is 10.7. The Bertz CT molecular complexity index is 1040. The molecule has 0 radical (unpaired) electrons. The average molecular weight is 514 g/mol. The van der Waals surface area contributed by atoms with Gasteiger partial charge in [0.1, 0.15) is 0 Å². The Morgan fingerprint density at radius 1 is 1.07 bits per heavy atom. The number of ether oxygens (including phenoxy) is 2. The predicted molar refractivity (Wildman–Crippen MR) is 129 cm³/mol. The summed E-state index contributed by atoms with van der Waals surface area (Å²) >= 11 is 2.18. The molecule has 0 fully saturated rings. The molecule has 0 saturated heterocycles. The van der Waals surface area contributed by atoms with Gasteiger partial charge in [-0.05, 0) is 77.9 Å². The number of benzene rings is 3. The number of hydrogen-bond donors (Lipinski definition) is 1. The first-order chi connectivity index (χ1) is 14.6. The second-order valence-electron chi connectivity index (χ2n) is 6.51. The molecule has 0 aliphatic carbocycles. The van der Waals surface area contributed by atoms with Gasteiger partial charge >= 0.3 is 0 Å². The quantitative estimate of drug-likeness (QED) is 0.307. The second kappa shape index (κ2) is 10.8. The van der Waals surface area contributed by atoms with Gasteiger partial charge in [-0.15, -0.1) is 0 Å². The average Bonchev–Trinajstić information content (AvgIpc) is 2.73. The minimum atomic E-state index is -0.232. The number of aliphatic imine (C=N–C) groups is 1. The summed E-state index contributed by atoms with van der Waals surface area (Å²) < 4.78 is 12.4. The van der Waals surface area contributed by atoms with Crippen molar-refractivity contribution in [3.05, 3.63) is 81.4 Å². The van der Waals surface area contributed by atoms with E-state index in [0.717, 1.165) is 26.1 Å². The van der Waals surface area contributed by atoms with Crippen molar-refractivity contribution in [3.63, 3.8) is 0 Å². The molecule has 0 unspecified atom stereocenters. The van der Waals surface area contributed by atoms with Gasteiger partial charge in [0.25, 0.3) is 5.91 Å². The summed E-state index contributed by atoms with van der Waals surface area (Å²) in [6, 6.07) is 21.1. The Morgan fingerprint density at radius 3 is 2.53 bits per heavy atom. The number of aryl methyl sites for hydroxylation is 1. The Hall–Kier alpha value is -2.87. The molecular weight excluding hydrogens is 491 g/mol. The summed E-state index contributed by atoms with van der Waals surface area (Å²) in [6.45, 7) is 4.31. The molecule has 0 aliphatic rings.